The number of halogens is 2. The van der Waals surface area contributed by atoms with Crippen molar-refractivity contribution in [1.82, 2.24) is 5.32 Å². The Morgan fingerprint density at radius 2 is 1.81 bits per heavy atom. The molecular weight excluding hydrogens is 268 g/mol. The number of nitrogens with one attached hydrogen (secondary N) is 1. The average molecular weight is 293 g/mol. The maximum atomic E-state index is 14.3. The van der Waals surface area contributed by atoms with E-state index in [-0.39, 0.29) is 6.04 Å². The van der Waals surface area contributed by atoms with E-state index in [1.165, 1.54) is 25.7 Å². The molecule has 0 amide bonds. The third-order valence-electron chi connectivity index (χ3n) is 5.33. The highest BCUT2D eigenvalue weighted by Crippen LogP contribution is 2.60. The molecular formula is C18H25F2N. The minimum atomic E-state index is -0.446. The van der Waals surface area contributed by atoms with E-state index in [0.717, 1.165) is 30.9 Å². The summed E-state index contributed by atoms with van der Waals surface area (Å²) < 4.78 is 27.8. The van der Waals surface area contributed by atoms with Crippen molar-refractivity contribution >= 4 is 0 Å². The molecule has 0 aliphatic heterocycles. The van der Waals surface area contributed by atoms with Crippen LogP contribution in [0.3, 0.4) is 0 Å². The van der Waals surface area contributed by atoms with E-state index >= 15 is 0 Å². The summed E-state index contributed by atoms with van der Waals surface area (Å²) in [6.07, 6.45) is 6.20. The number of aryl methyl sites for hydroxylation is 1. The molecule has 0 bridgehead atoms. The summed E-state index contributed by atoms with van der Waals surface area (Å²) in [6, 6.07) is 2.82. The van der Waals surface area contributed by atoms with Crippen LogP contribution in [0.5, 0.6) is 0 Å². The van der Waals surface area contributed by atoms with Gasteiger partial charge >= 0.3 is 0 Å². The van der Waals surface area contributed by atoms with Crippen LogP contribution in [0.25, 0.3) is 0 Å². The third kappa shape index (κ3) is 2.85. The largest absolute Gasteiger partial charge is 0.310 e. The molecule has 3 heteroatoms. The highest BCUT2D eigenvalue weighted by Gasteiger charge is 2.54. The second-order valence-electron chi connectivity index (χ2n) is 6.74. The smallest absolute Gasteiger partial charge is 0.130 e. The average Bonchev–Trinajstić information content (AvgIpc) is 3.19. The summed E-state index contributed by atoms with van der Waals surface area (Å²) in [7, 11) is 0. The first kappa shape index (κ1) is 15.0. The molecule has 3 unspecified atom stereocenters. The molecule has 0 spiro atoms. The maximum Gasteiger partial charge on any atom is 0.130 e. The lowest BCUT2D eigenvalue weighted by atomic mass is 9.97. The van der Waals surface area contributed by atoms with Gasteiger partial charge in [0, 0.05) is 17.7 Å². The zero-order valence-corrected chi connectivity index (χ0v) is 13.0. The van der Waals surface area contributed by atoms with E-state index in [1.807, 2.05) is 0 Å². The third-order valence-corrected chi connectivity index (χ3v) is 5.33. The maximum absolute atomic E-state index is 14.3. The van der Waals surface area contributed by atoms with E-state index in [9.17, 15) is 8.78 Å². The molecule has 0 radical (unpaired) electrons. The minimum absolute atomic E-state index is 0.0531. The molecule has 2 fully saturated rings. The fraction of sp³-hybridized carbons (Fsp3) is 0.667. The molecule has 1 aromatic carbocycles. The zero-order chi connectivity index (χ0) is 15.0. The van der Waals surface area contributed by atoms with Crippen molar-refractivity contribution in [3.05, 3.63) is 34.9 Å². The van der Waals surface area contributed by atoms with Crippen LogP contribution in [0.4, 0.5) is 8.78 Å². The Morgan fingerprint density at radius 3 is 2.43 bits per heavy atom. The van der Waals surface area contributed by atoms with Gasteiger partial charge in [0.2, 0.25) is 0 Å². The van der Waals surface area contributed by atoms with Gasteiger partial charge in [-0.15, -0.1) is 0 Å². The first-order valence-electron chi connectivity index (χ1n) is 8.32. The van der Waals surface area contributed by atoms with Crippen molar-refractivity contribution in [1.29, 1.82) is 0 Å². The number of rotatable bonds is 5. The summed E-state index contributed by atoms with van der Waals surface area (Å²) in [4.78, 5) is 0. The van der Waals surface area contributed by atoms with Crippen LogP contribution in [0.2, 0.25) is 0 Å². The van der Waals surface area contributed by atoms with Crippen molar-refractivity contribution in [2.45, 2.75) is 52.0 Å². The minimum Gasteiger partial charge on any atom is -0.310 e. The summed E-state index contributed by atoms with van der Waals surface area (Å²) in [6.45, 7) is 4.72. The number of hydrogen-bond donors (Lipinski definition) is 1. The predicted molar refractivity (Wildman–Crippen MR) is 81.1 cm³/mol. The first-order valence-corrected chi connectivity index (χ1v) is 8.32. The molecule has 2 aliphatic carbocycles. The lowest BCUT2D eigenvalue weighted by molar-refractivity contribution is 0.425. The van der Waals surface area contributed by atoms with Gasteiger partial charge in [-0.25, -0.2) is 8.78 Å². The summed E-state index contributed by atoms with van der Waals surface area (Å²) >= 11 is 0. The number of hydrogen-bond acceptors (Lipinski definition) is 1. The van der Waals surface area contributed by atoms with Gasteiger partial charge < -0.3 is 5.32 Å². The van der Waals surface area contributed by atoms with Gasteiger partial charge in [0.1, 0.15) is 11.6 Å². The molecule has 1 aromatic rings. The highest BCUT2D eigenvalue weighted by molar-refractivity contribution is 5.30. The topological polar surface area (TPSA) is 12.0 Å². The normalized spacial score (nSPS) is 29.0. The second kappa shape index (κ2) is 6.04. The Hall–Kier alpha value is -0.960. The van der Waals surface area contributed by atoms with Crippen molar-refractivity contribution in [2.24, 2.45) is 17.8 Å². The van der Waals surface area contributed by atoms with Gasteiger partial charge in [-0.3, -0.25) is 0 Å². The molecule has 0 saturated heterocycles. The standard InChI is InChI=1S/C18H25F2N/c1-3-8-21-18(17-12-6-4-5-7-13(12)17)14-9-11(2)15(19)10-16(14)20/h9-10,12-13,17-18,21H,3-8H2,1-2H3. The molecule has 0 heterocycles. The van der Waals surface area contributed by atoms with E-state index in [0.29, 0.717) is 17.0 Å². The Morgan fingerprint density at radius 1 is 1.14 bits per heavy atom. The Balaban J connectivity index is 1.87. The Bertz CT molecular complexity index is 502. The fourth-order valence-electron chi connectivity index (χ4n) is 4.21. The quantitative estimate of drug-likeness (QED) is 0.826. The molecule has 2 aliphatic rings. The van der Waals surface area contributed by atoms with Gasteiger partial charge in [0.05, 0.1) is 0 Å². The van der Waals surface area contributed by atoms with Crippen LogP contribution in [-0.4, -0.2) is 6.54 Å². The van der Waals surface area contributed by atoms with Crippen LogP contribution < -0.4 is 5.32 Å². The molecule has 1 N–H and O–H groups in total. The summed E-state index contributed by atoms with van der Waals surface area (Å²) in [5.74, 6) is 1.20. The Labute approximate surface area is 126 Å². The molecule has 0 aromatic heterocycles. The summed E-state index contributed by atoms with van der Waals surface area (Å²) in [5, 5.41) is 3.53. The Kier molecular flexibility index (Phi) is 4.30. The van der Waals surface area contributed by atoms with Crippen molar-refractivity contribution < 1.29 is 8.78 Å². The van der Waals surface area contributed by atoms with Crippen LogP contribution in [0.1, 0.15) is 56.2 Å². The predicted octanol–water partition coefficient (Wildman–Crippen LogP) is 4.75. The van der Waals surface area contributed by atoms with E-state index in [4.69, 9.17) is 0 Å². The number of fused-ring (bicyclic) bond motifs is 1. The van der Waals surface area contributed by atoms with Crippen LogP contribution in [0, 0.1) is 36.3 Å². The van der Waals surface area contributed by atoms with Crippen molar-refractivity contribution in [3.63, 3.8) is 0 Å². The molecule has 116 valence electrons. The fourth-order valence-corrected chi connectivity index (χ4v) is 4.21. The summed E-state index contributed by atoms with van der Waals surface area (Å²) in [5.41, 5.74) is 1.21. The zero-order valence-electron chi connectivity index (χ0n) is 13.0. The molecule has 1 nitrogen and oxygen atoms in total. The van der Waals surface area contributed by atoms with Gasteiger partial charge in [-0.2, -0.15) is 0 Å². The molecule has 21 heavy (non-hydrogen) atoms. The van der Waals surface area contributed by atoms with E-state index < -0.39 is 11.6 Å². The van der Waals surface area contributed by atoms with Gasteiger partial charge in [-0.1, -0.05) is 19.8 Å². The van der Waals surface area contributed by atoms with Crippen LogP contribution >= 0.6 is 0 Å². The molecule has 3 atom stereocenters. The van der Waals surface area contributed by atoms with Crippen molar-refractivity contribution in [2.75, 3.05) is 6.54 Å². The van der Waals surface area contributed by atoms with Crippen molar-refractivity contribution in [3.8, 4) is 0 Å². The first-order chi connectivity index (χ1) is 10.1. The van der Waals surface area contributed by atoms with Gasteiger partial charge in [0.25, 0.3) is 0 Å². The van der Waals surface area contributed by atoms with Gasteiger partial charge in [-0.05, 0) is 62.1 Å². The number of benzene rings is 1. The second-order valence-corrected chi connectivity index (χ2v) is 6.74. The van der Waals surface area contributed by atoms with E-state index in [2.05, 4.69) is 12.2 Å². The van der Waals surface area contributed by atoms with Crippen LogP contribution in [0.15, 0.2) is 12.1 Å². The van der Waals surface area contributed by atoms with E-state index in [1.54, 1.807) is 13.0 Å². The highest BCUT2D eigenvalue weighted by atomic mass is 19.1. The lowest BCUT2D eigenvalue weighted by Crippen LogP contribution is -2.26. The van der Waals surface area contributed by atoms with Gasteiger partial charge in [0.15, 0.2) is 0 Å². The lowest BCUT2D eigenvalue weighted by Gasteiger charge is -2.21. The SMILES string of the molecule is CCCNC(c1cc(C)c(F)cc1F)C1C2CCCCC21. The molecule has 3 rings (SSSR count). The molecule has 2 saturated carbocycles. The van der Waals surface area contributed by atoms with Crippen LogP contribution in [-0.2, 0) is 0 Å². The monoisotopic (exact) mass is 293 g/mol.